The molecule has 0 aliphatic rings. The summed E-state index contributed by atoms with van der Waals surface area (Å²) in [6, 6.07) is 11.5. The second kappa shape index (κ2) is 7.99. The van der Waals surface area contributed by atoms with Crippen LogP contribution in [-0.2, 0) is 9.84 Å². The number of carbonyl (C=O) groups is 1. The van der Waals surface area contributed by atoms with Gasteiger partial charge in [0.15, 0.2) is 9.84 Å². The van der Waals surface area contributed by atoms with Crippen LogP contribution in [-0.4, -0.2) is 25.5 Å². The molecule has 10 heteroatoms. The van der Waals surface area contributed by atoms with Gasteiger partial charge < -0.3 is 5.32 Å². The first-order chi connectivity index (χ1) is 14.0. The van der Waals surface area contributed by atoms with E-state index in [2.05, 4.69) is 5.32 Å². The summed E-state index contributed by atoms with van der Waals surface area (Å²) in [7, 11) is -3.82. The van der Waals surface area contributed by atoms with Gasteiger partial charge >= 0.3 is 0 Å². The topological polar surface area (TPSA) is 106 Å². The molecule has 0 fully saturated rings. The first kappa shape index (κ1) is 21.1. The fraction of sp³-hybridized carbons (Fsp3) is 0.0500. The van der Waals surface area contributed by atoms with Crippen LogP contribution >= 0.6 is 0 Å². The van der Waals surface area contributed by atoms with Crippen molar-refractivity contribution in [2.24, 2.45) is 0 Å². The number of nitro benzene ring substituents is 1. The minimum atomic E-state index is -3.82. The summed E-state index contributed by atoms with van der Waals surface area (Å²) in [5, 5.41) is 13.6. The molecular weight excluding hydrogens is 418 g/mol. The Hall–Kier alpha value is -3.66. The van der Waals surface area contributed by atoms with Gasteiger partial charge in [0.1, 0.15) is 11.6 Å². The van der Waals surface area contributed by atoms with E-state index >= 15 is 0 Å². The lowest BCUT2D eigenvalue weighted by molar-refractivity contribution is -0.385. The van der Waals surface area contributed by atoms with Crippen LogP contribution in [0.2, 0.25) is 0 Å². The standard InChI is InChI=1S/C20H14F2N2O5S/c1-30(28,29)17-9-13(8-16(11-17)24(26)27)20(25)23-19-7-6-15(22)10-18(19)12-2-4-14(21)5-3-12/h2-11H,1H3,(H,23,25). The van der Waals surface area contributed by atoms with Gasteiger partial charge in [0.2, 0.25) is 0 Å². The molecule has 0 atom stereocenters. The maximum Gasteiger partial charge on any atom is 0.271 e. The Morgan fingerprint density at radius 3 is 2.20 bits per heavy atom. The van der Waals surface area contributed by atoms with Gasteiger partial charge in [-0.05, 0) is 42.0 Å². The third-order valence-electron chi connectivity index (χ3n) is 4.18. The fourth-order valence-corrected chi connectivity index (χ4v) is 3.40. The molecule has 7 nitrogen and oxygen atoms in total. The van der Waals surface area contributed by atoms with Gasteiger partial charge in [0.05, 0.1) is 9.82 Å². The van der Waals surface area contributed by atoms with E-state index < -0.39 is 38.0 Å². The van der Waals surface area contributed by atoms with Crippen LogP contribution in [0, 0.1) is 21.7 Å². The molecule has 1 N–H and O–H groups in total. The number of amides is 1. The lowest BCUT2D eigenvalue weighted by atomic mass is 10.0. The summed E-state index contributed by atoms with van der Waals surface area (Å²) < 4.78 is 50.6. The number of benzene rings is 3. The summed E-state index contributed by atoms with van der Waals surface area (Å²) >= 11 is 0. The fourth-order valence-electron chi connectivity index (χ4n) is 2.72. The maximum absolute atomic E-state index is 13.8. The highest BCUT2D eigenvalue weighted by atomic mass is 32.2. The SMILES string of the molecule is CS(=O)(=O)c1cc(C(=O)Nc2ccc(F)cc2-c2ccc(F)cc2)cc([N+](=O)[O-])c1. The van der Waals surface area contributed by atoms with Crippen molar-refractivity contribution in [3.63, 3.8) is 0 Å². The number of nitrogens with one attached hydrogen (secondary N) is 1. The molecule has 0 unspecified atom stereocenters. The number of sulfone groups is 1. The second-order valence-corrected chi connectivity index (χ2v) is 8.41. The summed E-state index contributed by atoms with van der Waals surface area (Å²) in [5.41, 5.74) is -0.0143. The number of carbonyl (C=O) groups excluding carboxylic acids is 1. The van der Waals surface area contributed by atoms with Crippen molar-refractivity contribution in [2.75, 3.05) is 11.6 Å². The molecule has 0 spiro atoms. The molecule has 30 heavy (non-hydrogen) atoms. The molecule has 0 saturated heterocycles. The summed E-state index contributed by atoms with van der Waals surface area (Å²) in [5.74, 6) is -1.92. The quantitative estimate of drug-likeness (QED) is 0.481. The lowest BCUT2D eigenvalue weighted by Gasteiger charge is -2.12. The highest BCUT2D eigenvalue weighted by molar-refractivity contribution is 7.90. The van der Waals surface area contributed by atoms with Gasteiger partial charge in [0, 0.05) is 35.2 Å². The molecule has 3 aromatic carbocycles. The number of non-ortho nitro benzene ring substituents is 1. The van der Waals surface area contributed by atoms with Crippen molar-refractivity contribution >= 4 is 27.1 Å². The molecule has 0 aromatic heterocycles. The van der Waals surface area contributed by atoms with Crippen molar-refractivity contribution in [3.8, 4) is 11.1 Å². The van der Waals surface area contributed by atoms with Gasteiger partial charge in [-0.1, -0.05) is 12.1 Å². The normalized spacial score (nSPS) is 11.2. The molecule has 0 saturated carbocycles. The van der Waals surface area contributed by atoms with Gasteiger partial charge in [-0.15, -0.1) is 0 Å². The minimum Gasteiger partial charge on any atom is -0.321 e. The number of hydrogen-bond donors (Lipinski definition) is 1. The molecule has 0 radical (unpaired) electrons. The number of halogens is 2. The third kappa shape index (κ3) is 4.66. The highest BCUT2D eigenvalue weighted by Gasteiger charge is 2.20. The van der Waals surface area contributed by atoms with E-state index in [1.807, 2.05) is 0 Å². The molecule has 0 heterocycles. The Morgan fingerprint density at radius 1 is 0.967 bits per heavy atom. The molecule has 154 valence electrons. The molecule has 0 aliphatic carbocycles. The zero-order chi connectivity index (χ0) is 22.1. The van der Waals surface area contributed by atoms with E-state index in [0.717, 1.165) is 36.6 Å². The van der Waals surface area contributed by atoms with Crippen LogP contribution < -0.4 is 5.32 Å². The summed E-state index contributed by atoms with van der Waals surface area (Å²) in [6.45, 7) is 0. The van der Waals surface area contributed by atoms with Gasteiger partial charge in [-0.3, -0.25) is 14.9 Å². The maximum atomic E-state index is 13.8. The number of anilines is 1. The van der Waals surface area contributed by atoms with E-state index in [1.165, 1.54) is 30.3 Å². The number of hydrogen-bond acceptors (Lipinski definition) is 5. The van der Waals surface area contributed by atoms with E-state index in [1.54, 1.807) is 0 Å². The van der Waals surface area contributed by atoms with Crippen LogP contribution in [0.25, 0.3) is 11.1 Å². The number of nitro groups is 1. The molecule has 3 rings (SSSR count). The molecule has 3 aromatic rings. The predicted molar refractivity (Wildman–Crippen MR) is 106 cm³/mol. The molecule has 1 amide bonds. The average molecular weight is 432 g/mol. The van der Waals surface area contributed by atoms with Crippen LogP contribution in [0.1, 0.15) is 10.4 Å². The lowest BCUT2D eigenvalue weighted by Crippen LogP contribution is -2.14. The van der Waals surface area contributed by atoms with Gasteiger partial charge in [0.25, 0.3) is 11.6 Å². The largest absolute Gasteiger partial charge is 0.321 e. The molecule has 0 aliphatic heterocycles. The zero-order valence-corrected chi connectivity index (χ0v) is 16.2. The Balaban J connectivity index is 2.04. The van der Waals surface area contributed by atoms with Crippen LogP contribution in [0.15, 0.2) is 65.6 Å². The Bertz CT molecular complexity index is 1260. The second-order valence-electron chi connectivity index (χ2n) is 6.40. The van der Waals surface area contributed by atoms with Crippen molar-refractivity contribution in [1.29, 1.82) is 0 Å². The van der Waals surface area contributed by atoms with Crippen molar-refractivity contribution < 1.29 is 26.9 Å². The Kier molecular flexibility index (Phi) is 5.61. The number of rotatable bonds is 5. The highest BCUT2D eigenvalue weighted by Crippen LogP contribution is 2.30. The summed E-state index contributed by atoms with van der Waals surface area (Å²) in [6.07, 6.45) is 0.861. The van der Waals surface area contributed by atoms with E-state index in [4.69, 9.17) is 0 Å². The van der Waals surface area contributed by atoms with Crippen molar-refractivity contribution in [2.45, 2.75) is 4.90 Å². The first-order valence-corrected chi connectivity index (χ1v) is 10.3. The predicted octanol–water partition coefficient (Wildman–Crippen LogP) is 4.20. The zero-order valence-electron chi connectivity index (χ0n) is 15.4. The first-order valence-electron chi connectivity index (χ1n) is 8.41. The van der Waals surface area contributed by atoms with E-state index in [9.17, 15) is 32.1 Å². The van der Waals surface area contributed by atoms with Gasteiger partial charge in [-0.2, -0.15) is 0 Å². The van der Waals surface area contributed by atoms with Gasteiger partial charge in [-0.25, -0.2) is 17.2 Å². The Morgan fingerprint density at radius 2 is 1.60 bits per heavy atom. The van der Waals surface area contributed by atoms with Crippen molar-refractivity contribution in [3.05, 3.63) is 88.0 Å². The average Bonchev–Trinajstić information content (AvgIpc) is 2.69. The van der Waals surface area contributed by atoms with Crippen LogP contribution in [0.5, 0.6) is 0 Å². The van der Waals surface area contributed by atoms with Crippen molar-refractivity contribution in [1.82, 2.24) is 0 Å². The molecular formula is C20H14F2N2O5S. The third-order valence-corrected chi connectivity index (χ3v) is 5.27. The molecule has 0 bridgehead atoms. The van der Waals surface area contributed by atoms with E-state index in [0.29, 0.717) is 5.56 Å². The smallest absolute Gasteiger partial charge is 0.271 e. The summed E-state index contributed by atoms with van der Waals surface area (Å²) in [4.78, 5) is 22.6. The number of nitrogens with zero attached hydrogens (tertiary/aromatic N) is 1. The van der Waals surface area contributed by atoms with Crippen LogP contribution in [0.4, 0.5) is 20.2 Å². The van der Waals surface area contributed by atoms with E-state index in [-0.39, 0.29) is 21.7 Å². The Labute approximate surface area is 170 Å². The minimum absolute atomic E-state index is 0.153. The monoisotopic (exact) mass is 432 g/mol. The van der Waals surface area contributed by atoms with Crippen LogP contribution in [0.3, 0.4) is 0 Å².